The quantitative estimate of drug-likeness (QED) is 0.744. The molecule has 1 amide bonds. The van der Waals surface area contributed by atoms with E-state index < -0.39 is 0 Å². The molecule has 1 aromatic rings. The van der Waals surface area contributed by atoms with Crippen molar-refractivity contribution in [3.63, 3.8) is 0 Å². The number of amides is 1. The fourth-order valence-corrected chi connectivity index (χ4v) is 2.48. The van der Waals surface area contributed by atoms with Crippen molar-refractivity contribution in [2.45, 2.75) is 45.4 Å². The summed E-state index contributed by atoms with van der Waals surface area (Å²) in [6, 6.07) is 8.46. The Labute approximate surface area is 122 Å². The van der Waals surface area contributed by atoms with Crippen molar-refractivity contribution in [2.24, 2.45) is 0 Å². The van der Waals surface area contributed by atoms with E-state index in [0.717, 1.165) is 31.5 Å². The van der Waals surface area contributed by atoms with Gasteiger partial charge in [-0.3, -0.25) is 4.79 Å². The van der Waals surface area contributed by atoms with Crippen LogP contribution in [0.15, 0.2) is 30.3 Å². The molecule has 2 heteroatoms. The molecule has 0 unspecified atom stereocenters. The van der Waals surface area contributed by atoms with Crippen molar-refractivity contribution in [3.05, 3.63) is 41.5 Å². The molecule has 1 aliphatic rings. The molecule has 0 N–H and O–H groups in total. The fourth-order valence-electron chi connectivity index (χ4n) is 2.48. The number of carbonyl (C=O) groups is 1. The zero-order valence-electron chi connectivity index (χ0n) is 12.9. The van der Waals surface area contributed by atoms with Crippen LogP contribution in [0.1, 0.15) is 51.2 Å². The number of hydrogen-bond acceptors (Lipinski definition) is 1. The van der Waals surface area contributed by atoms with Crippen LogP contribution in [-0.4, -0.2) is 23.9 Å². The number of benzene rings is 1. The van der Waals surface area contributed by atoms with Gasteiger partial charge in [0.15, 0.2) is 0 Å². The highest BCUT2D eigenvalue weighted by atomic mass is 16.2. The minimum absolute atomic E-state index is 0.143. The second-order valence-corrected chi connectivity index (χ2v) is 6.59. The van der Waals surface area contributed by atoms with Crippen molar-refractivity contribution >= 4 is 12.0 Å². The fraction of sp³-hybridized carbons (Fsp3) is 0.500. The van der Waals surface area contributed by atoms with Crippen LogP contribution in [-0.2, 0) is 10.2 Å². The summed E-state index contributed by atoms with van der Waals surface area (Å²) < 4.78 is 0. The Balaban J connectivity index is 1.98. The van der Waals surface area contributed by atoms with Gasteiger partial charge in [-0.1, -0.05) is 45.0 Å². The third-order valence-electron chi connectivity index (χ3n) is 3.86. The third kappa shape index (κ3) is 3.96. The van der Waals surface area contributed by atoms with E-state index in [0.29, 0.717) is 0 Å². The standard InChI is InChI=1S/C18H25NO/c1-18(2,3)16-10-7-15(8-11-16)9-12-17(20)19-13-5-4-6-14-19/h7-12H,4-6,13-14H2,1-3H3/b12-9+. The van der Waals surface area contributed by atoms with Gasteiger partial charge >= 0.3 is 0 Å². The van der Waals surface area contributed by atoms with E-state index in [4.69, 9.17) is 0 Å². The van der Waals surface area contributed by atoms with Crippen LogP contribution >= 0.6 is 0 Å². The van der Waals surface area contributed by atoms with Crippen molar-refractivity contribution in [3.8, 4) is 0 Å². The molecule has 0 atom stereocenters. The van der Waals surface area contributed by atoms with Crippen LogP contribution in [0.3, 0.4) is 0 Å². The highest BCUT2D eigenvalue weighted by Crippen LogP contribution is 2.22. The van der Waals surface area contributed by atoms with Crippen LogP contribution < -0.4 is 0 Å². The van der Waals surface area contributed by atoms with Crippen LogP contribution in [0.5, 0.6) is 0 Å². The van der Waals surface area contributed by atoms with Crippen LogP contribution in [0.2, 0.25) is 0 Å². The van der Waals surface area contributed by atoms with Gasteiger partial charge in [-0.25, -0.2) is 0 Å². The first-order valence-corrected chi connectivity index (χ1v) is 7.54. The van der Waals surface area contributed by atoms with E-state index in [1.807, 2.05) is 11.0 Å². The first-order chi connectivity index (χ1) is 9.47. The lowest BCUT2D eigenvalue weighted by molar-refractivity contribution is -0.126. The number of rotatable bonds is 2. The van der Waals surface area contributed by atoms with Gasteiger partial charge in [-0.05, 0) is 41.9 Å². The normalized spacial score (nSPS) is 16.6. The van der Waals surface area contributed by atoms with E-state index in [9.17, 15) is 4.79 Å². The van der Waals surface area contributed by atoms with Gasteiger partial charge in [-0.2, -0.15) is 0 Å². The summed E-state index contributed by atoms with van der Waals surface area (Å²) >= 11 is 0. The Morgan fingerprint density at radius 2 is 1.65 bits per heavy atom. The summed E-state index contributed by atoms with van der Waals surface area (Å²) in [6.45, 7) is 8.44. The predicted molar refractivity (Wildman–Crippen MR) is 84.6 cm³/mol. The minimum atomic E-state index is 0.143. The molecule has 0 spiro atoms. The van der Waals surface area contributed by atoms with Gasteiger partial charge in [0.05, 0.1) is 0 Å². The van der Waals surface area contributed by atoms with Gasteiger partial charge < -0.3 is 4.90 Å². The number of nitrogens with zero attached hydrogens (tertiary/aromatic N) is 1. The molecule has 20 heavy (non-hydrogen) atoms. The second kappa shape index (κ2) is 6.25. The van der Waals surface area contributed by atoms with Gasteiger partial charge in [-0.15, -0.1) is 0 Å². The number of likely N-dealkylation sites (tertiary alicyclic amines) is 1. The lowest BCUT2D eigenvalue weighted by Crippen LogP contribution is -2.34. The average Bonchev–Trinajstić information content (AvgIpc) is 2.45. The summed E-state index contributed by atoms with van der Waals surface area (Å²) in [6.07, 6.45) is 7.16. The van der Waals surface area contributed by atoms with Crippen LogP contribution in [0.25, 0.3) is 6.08 Å². The molecule has 0 aromatic heterocycles. The summed E-state index contributed by atoms with van der Waals surface area (Å²) in [4.78, 5) is 14.0. The highest BCUT2D eigenvalue weighted by Gasteiger charge is 2.14. The summed E-state index contributed by atoms with van der Waals surface area (Å²) in [5.41, 5.74) is 2.58. The molecule has 1 aliphatic heterocycles. The molecule has 2 nitrogen and oxygen atoms in total. The molecule has 0 radical (unpaired) electrons. The van der Waals surface area contributed by atoms with Crippen molar-refractivity contribution < 1.29 is 4.79 Å². The maximum atomic E-state index is 12.0. The van der Waals surface area contributed by atoms with Crippen molar-refractivity contribution in [2.75, 3.05) is 13.1 Å². The molecule has 0 saturated carbocycles. The van der Waals surface area contributed by atoms with E-state index in [-0.39, 0.29) is 11.3 Å². The molecule has 0 aliphatic carbocycles. The first-order valence-electron chi connectivity index (χ1n) is 7.54. The van der Waals surface area contributed by atoms with Gasteiger partial charge in [0.25, 0.3) is 0 Å². The SMILES string of the molecule is CC(C)(C)c1ccc(/C=C/C(=O)N2CCCCC2)cc1. The number of hydrogen-bond donors (Lipinski definition) is 0. The highest BCUT2D eigenvalue weighted by molar-refractivity contribution is 5.91. The van der Waals surface area contributed by atoms with E-state index in [2.05, 4.69) is 45.0 Å². The molecule has 2 rings (SSSR count). The zero-order chi connectivity index (χ0) is 14.6. The smallest absolute Gasteiger partial charge is 0.246 e. The molecule has 1 aromatic carbocycles. The van der Waals surface area contributed by atoms with E-state index in [1.165, 1.54) is 12.0 Å². The molecule has 1 heterocycles. The molecule has 108 valence electrons. The Hall–Kier alpha value is -1.57. The Morgan fingerprint density at radius 3 is 2.20 bits per heavy atom. The second-order valence-electron chi connectivity index (χ2n) is 6.59. The topological polar surface area (TPSA) is 20.3 Å². The van der Waals surface area contributed by atoms with Crippen LogP contribution in [0.4, 0.5) is 0 Å². The summed E-state index contributed by atoms with van der Waals surface area (Å²) in [7, 11) is 0. The summed E-state index contributed by atoms with van der Waals surface area (Å²) in [5.74, 6) is 0.143. The molecule has 1 saturated heterocycles. The Kier molecular flexibility index (Phi) is 4.64. The van der Waals surface area contributed by atoms with Crippen LogP contribution in [0, 0.1) is 0 Å². The monoisotopic (exact) mass is 271 g/mol. The molecular formula is C18H25NO. The largest absolute Gasteiger partial charge is 0.339 e. The van der Waals surface area contributed by atoms with Crippen molar-refractivity contribution in [1.29, 1.82) is 0 Å². The number of carbonyl (C=O) groups excluding carboxylic acids is 1. The maximum Gasteiger partial charge on any atom is 0.246 e. The lowest BCUT2D eigenvalue weighted by Gasteiger charge is -2.25. The average molecular weight is 271 g/mol. The van der Waals surface area contributed by atoms with Gasteiger partial charge in [0.2, 0.25) is 5.91 Å². The Bertz CT molecular complexity index is 473. The molecule has 1 fully saturated rings. The van der Waals surface area contributed by atoms with Gasteiger partial charge in [0, 0.05) is 19.2 Å². The number of piperidine rings is 1. The first kappa shape index (κ1) is 14.8. The lowest BCUT2D eigenvalue weighted by atomic mass is 9.87. The van der Waals surface area contributed by atoms with Gasteiger partial charge in [0.1, 0.15) is 0 Å². The van der Waals surface area contributed by atoms with Crippen molar-refractivity contribution in [1.82, 2.24) is 4.90 Å². The molecular weight excluding hydrogens is 246 g/mol. The maximum absolute atomic E-state index is 12.0. The zero-order valence-corrected chi connectivity index (χ0v) is 12.9. The van der Waals surface area contributed by atoms with E-state index >= 15 is 0 Å². The molecule has 0 bridgehead atoms. The minimum Gasteiger partial charge on any atom is -0.339 e. The Morgan fingerprint density at radius 1 is 1.05 bits per heavy atom. The summed E-state index contributed by atoms with van der Waals surface area (Å²) in [5, 5.41) is 0. The third-order valence-corrected chi connectivity index (χ3v) is 3.86. The predicted octanol–water partition coefficient (Wildman–Crippen LogP) is 4.01. The van der Waals surface area contributed by atoms with E-state index in [1.54, 1.807) is 6.08 Å².